The first-order valence-corrected chi connectivity index (χ1v) is 11.1. The number of aromatic nitrogens is 1. The number of rotatable bonds is 5. The molecule has 3 aromatic rings. The molecular weight excluding hydrogens is 400 g/mol. The summed E-state index contributed by atoms with van der Waals surface area (Å²) in [6.07, 6.45) is 2.87. The molecule has 1 aliphatic carbocycles. The Bertz CT molecular complexity index is 1170. The van der Waals surface area contributed by atoms with Gasteiger partial charge in [-0.3, -0.25) is 4.79 Å². The molecular formula is C20H19ClN2O4S. The molecule has 0 aliphatic heterocycles. The highest BCUT2D eigenvalue weighted by Crippen LogP contribution is 2.33. The Labute approximate surface area is 167 Å². The predicted molar refractivity (Wildman–Crippen MR) is 108 cm³/mol. The SMILES string of the molecule is CCS(=O)(=O)c1ccc2oc(-c3ccc(Cl)c(NC(=O)C4CCC4)c3)nc2c1. The Balaban J connectivity index is 1.67. The van der Waals surface area contributed by atoms with Gasteiger partial charge in [-0.2, -0.15) is 0 Å². The van der Waals surface area contributed by atoms with Crippen LogP contribution in [0.25, 0.3) is 22.6 Å². The molecule has 1 saturated carbocycles. The van der Waals surface area contributed by atoms with Crippen LogP contribution in [0.5, 0.6) is 0 Å². The summed E-state index contributed by atoms with van der Waals surface area (Å²) in [7, 11) is -3.32. The number of fused-ring (bicyclic) bond motifs is 1. The maximum atomic E-state index is 12.2. The van der Waals surface area contributed by atoms with Crippen molar-refractivity contribution in [3.63, 3.8) is 0 Å². The highest BCUT2D eigenvalue weighted by molar-refractivity contribution is 7.91. The van der Waals surface area contributed by atoms with E-state index in [1.807, 2.05) is 0 Å². The molecule has 6 nitrogen and oxygen atoms in total. The summed E-state index contributed by atoms with van der Waals surface area (Å²) in [5.41, 5.74) is 2.09. The monoisotopic (exact) mass is 418 g/mol. The number of hydrogen-bond donors (Lipinski definition) is 1. The molecule has 2 aromatic carbocycles. The van der Waals surface area contributed by atoms with Crippen LogP contribution in [0.1, 0.15) is 26.2 Å². The van der Waals surface area contributed by atoms with Crippen molar-refractivity contribution in [2.24, 2.45) is 5.92 Å². The molecule has 1 fully saturated rings. The number of anilines is 1. The van der Waals surface area contributed by atoms with Crippen molar-refractivity contribution in [1.29, 1.82) is 0 Å². The zero-order valence-electron chi connectivity index (χ0n) is 15.2. The van der Waals surface area contributed by atoms with Crippen LogP contribution in [0, 0.1) is 5.92 Å². The van der Waals surface area contributed by atoms with Gasteiger partial charge < -0.3 is 9.73 Å². The van der Waals surface area contributed by atoms with Crippen LogP contribution < -0.4 is 5.32 Å². The third kappa shape index (κ3) is 3.52. The van der Waals surface area contributed by atoms with Gasteiger partial charge in [0.25, 0.3) is 0 Å². The van der Waals surface area contributed by atoms with E-state index in [-0.39, 0.29) is 22.5 Å². The second kappa shape index (κ2) is 7.22. The highest BCUT2D eigenvalue weighted by atomic mass is 35.5. The molecule has 0 radical (unpaired) electrons. The summed E-state index contributed by atoms with van der Waals surface area (Å²) in [6, 6.07) is 9.76. The highest BCUT2D eigenvalue weighted by Gasteiger charge is 2.26. The van der Waals surface area contributed by atoms with E-state index < -0.39 is 9.84 Å². The number of hydrogen-bond acceptors (Lipinski definition) is 5. The summed E-state index contributed by atoms with van der Waals surface area (Å²) < 4.78 is 29.9. The minimum absolute atomic E-state index is 0.0183. The number of nitrogens with zero attached hydrogens (tertiary/aromatic N) is 1. The average molecular weight is 419 g/mol. The molecule has 0 spiro atoms. The number of oxazole rings is 1. The standard InChI is InChI=1S/C20H19ClN2O4S/c1-2-28(25,26)14-7-9-18-17(11-14)23-20(27-18)13-6-8-15(21)16(10-13)22-19(24)12-4-3-5-12/h6-12H,2-5H2,1H3,(H,22,24). The topological polar surface area (TPSA) is 89.3 Å². The van der Waals surface area contributed by atoms with E-state index in [9.17, 15) is 13.2 Å². The van der Waals surface area contributed by atoms with Gasteiger partial charge in [0.1, 0.15) is 5.52 Å². The number of benzene rings is 2. The Morgan fingerprint density at radius 2 is 2.04 bits per heavy atom. The summed E-state index contributed by atoms with van der Waals surface area (Å²) >= 11 is 6.23. The summed E-state index contributed by atoms with van der Waals surface area (Å²) in [4.78, 5) is 16.9. The molecule has 1 aliphatic rings. The molecule has 1 amide bonds. The molecule has 146 valence electrons. The lowest BCUT2D eigenvalue weighted by molar-refractivity contribution is -0.122. The molecule has 0 bridgehead atoms. The molecule has 0 saturated heterocycles. The molecule has 28 heavy (non-hydrogen) atoms. The van der Waals surface area contributed by atoms with E-state index in [1.54, 1.807) is 31.2 Å². The van der Waals surface area contributed by atoms with Crippen LogP contribution in [0.15, 0.2) is 45.7 Å². The number of sulfone groups is 1. The zero-order valence-corrected chi connectivity index (χ0v) is 16.8. The largest absolute Gasteiger partial charge is 0.436 e. The third-order valence-electron chi connectivity index (χ3n) is 5.05. The predicted octanol–water partition coefficient (Wildman–Crippen LogP) is 4.68. The van der Waals surface area contributed by atoms with Crippen LogP contribution in [0.4, 0.5) is 5.69 Å². The van der Waals surface area contributed by atoms with Gasteiger partial charge in [-0.1, -0.05) is 24.9 Å². The van der Waals surface area contributed by atoms with Crippen LogP contribution in [0.3, 0.4) is 0 Å². The van der Waals surface area contributed by atoms with E-state index in [0.717, 1.165) is 19.3 Å². The van der Waals surface area contributed by atoms with Crippen LogP contribution in [0.2, 0.25) is 5.02 Å². The van der Waals surface area contributed by atoms with Crippen molar-refractivity contribution < 1.29 is 17.6 Å². The fourth-order valence-corrected chi connectivity index (χ4v) is 4.11. The fourth-order valence-electron chi connectivity index (χ4n) is 3.05. The molecule has 0 unspecified atom stereocenters. The Morgan fingerprint density at radius 3 is 2.71 bits per heavy atom. The lowest BCUT2D eigenvalue weighted by Gasteiger charge is -2.24. The summed E-state index contributed by atoms with van der Waals surface area (Å²) in [5, 5.41) is 3.31. The maximum Gasteiger partial charge on any atom is 0.227 e. The van der Waals surface area contributed by atoms with Crippen molar-refractivity contribution in [2.45, 2.75) is 31.1 Å². The van der Waals surface area contributed by atoms with Gasteiger partial charge >= 0.3 is 0 Å². The van der Waals surface area contributed by atoms with Crippen LogP contribution in [-0.4, -0.2) is 25.1 Å². The molecule has 4 rings (SSSR count). The third-order valence-corrected chi connectivity index (χ3v) is 7.11. The number of carbonyl (C=O) groups is 1. The van der Waals surface area contributed by atoms with E-state index in [1.165, 1.54) is 12.1 Å². The van der Waals surface area contributed by atoms with Crippen LogP contribution >= 0.6 is 11.6 Å². The minimum Gasteiger partial charge on any atom is -0.436 e. The lowest BCUT2D eigenvalue weighted by atomic mass is 9.85. The van der Waals surface area contributed by atoms with Crippen LogP contribution in [-0.2, 0) is 14.6 Å². The summed E-state index contributed by atoms with van der Waals surface area (Å²) in [6.45, 7) is 1.60. The lowest BCUT2D eigenvalue weighted by Crippen LogP contribution is -2.28. The number of nitrogens with one attached hydrogen (secondary N) is 1. The summed E-state index contributed by atoms with van der Waals surface area (Å²) in [5.74, 6) is 0.363. The van der Waals surface area contributed by atoms with Crippen molar-refractivity contribution in [3.05, 3.63) is 41.4 Å². The fraction of sp³-hybridized carbons (Fsp3) is 0.300. The quantitative estimate of drug-likeness (QED) is 0.649. The molecule has 8 heteroatoms. The number of carbonyl (C=O) groups excluding carboxylic acids is 1. The van der Waals surface area contributed by atoms with Gasteiger partial charge in [-0.25, -0.2) is 13.4 Å². The van der Waals surface area contributed by atoms with Crippen molar-refractivity contribution >= 4 is 44.1 Å². The molecule has 1 N–H and O–H groups in total. The maximum absolute atomic E-state index is 12.2. The normalized spacial score (nSPS) is 14.8. The van der Waals surface area contributed by atoms with Crippen molar-refractivity contribution in [1.82, 2.24) is 4.98 Å². The average Bonchev–Trinajstić information content (AvgIpc) is 3.05. The second-order valence-corrected chi connectivity index (χ2v) is 9.55. The van der Waals surface area contributed by atoms with E-state index >= 15 is 0 Å². The van der Waals surface area contributed by atoms with Gasteiger partial charge in [0.15, 0.2) is 15.4 Å². The minimum atomic E-state index is -3.32. The van der Waals surface area contributed by atoms with Crippen molar-refractivity contribution in [3.8, 4) is 11.5 Å². The second-order valence-electron chi connectivity index (χ2n) is 6.86. The van der Waals surface area contributed by atoms with Gasteiger partial charge in [0.05, 0.1) is 21.4 Å². The van der Waals surface area contributed by atoms with Gasteiger partial charge in [-0.05, 0) is 49.2 Å². The van der Waals surface area contributed by atoms with E-state index in [4.69, 9.17) is 16.0 Å². The molecule has 1 aromatic heterocycles. The van der Waals surface area contributed by atoms with Gasteiger partial charge in [0, 0.05) is 11.5 Å². The van der Waals surface area contributed by atoms with Gasteiger partial charge in [0.2, 0.25) is 11.8 Å². The van der Waals surface area contributed by atoms with Gasteiger partial charge in [-0.15, -0.1) is 0 Å². The smallest absolute Gasteiger partial charge is 0.227 e. The molecule has 0 atom stereocenters. The number of halogens is 1. The molecule has 1 heterocycles. The zero-order chi connectivity index (χ0) is 19.9. The first-order chi connectivity index (χ1) is 13.4. The van der Waals surface area contributed by atoms with E-state index in [2.05, 4.69) is 10.3 Å². The number of amides is 1. The van der Waals surface area contributed by atoms with E-state index in [0.29, 0.717) is 33.3 Å². The van der Waals surface area contributed by atoms with Crippen molar-refractivity contribution in [2.75, 3.05) is 11.1 Å². The first-order valence-electron chi connectivity index (χ1n) is 9.11. The first kappa shape index (κ1) is 19.0. The Hall–Kier alpha value is -2.38. The Morgan fingerprint density at radius 1 is 1.25 bits per heavy atom. The Kier molecular flexibility index (Phi) is 4.89.